The van der Waals surface area contributed by atoms with E-state index in [4.69, 9.17) is 0 Å². The second kappa shape index (κ2) is 5.93. The Kier molecular flexibility index (Phi) is 4.48. The fourth-order valence-corrected chi connectivity index (χ4v) is 3.51. The van der Waals surface area contributed by atoms with Gasteiger partial charge >= 0.3 is 0 Å². The zero-order valence-electron chi connectivity index (χ0n) is 12.2. The van der Waals surface area contributed by atoms with Crippen LogP contribution in [0.25, 0.3) is 0 Å². The molecule has 2 aliphatic rings. The Labute approximate surface area is 115 Å². The van der Waals surface area contributed by atoms with Crippen molar-refractivity contribution >= 4 is 11.8 Å². The molecule has 0 aromatic heterocycles. The van der Waals surface area contributed by atoms with Crippen LogP contribution in [0.3, 0.4) is 0 Å². The predicted octanol–water partition coefficient (Wildman–Crippen LogP) is 2.08. The first kappa shape index (κ1) is 14.4. The number of amides is 2. The number of hydrogen-bond acceptors (Lipinski definition) is 2. The normalized spacial score (nSPS) is 24.4. The van der Waals surface area contributed by atoms with Crippen LogP contribution in [0.15, 0.2) is 0 Å². The quantitative estimate of drug-likeness (QED) is 0.847. The fourth-order valence-electron chi connectivity index (χ4n) is 3.51. The fraction of sp³-hybridized carbons (Fsp3) is 0.867. The maximum Gasteiger partial charge on any atom is 0.248 e. The van der Waals surface area contributed by atoms with E-state index in [1.54, 1.807) is 4.90 Å². The highest BCUT2D eigenvalue weighted by atomic mass is 16.2. The highest BCUT2D eigenvalue weighted by Crippen LogP contribution is 2.32. The molecular formula is C15H26N2O2. The van der Waals surface area contributed by atoms with Gasteiger partial charge in [0.05, 0.1) is 6.54 Å². The summed E-state index contributed by atoms with van der Waals surface area (Å²) in [6.07, 6.45) is 7.14. The Morgan fingerprint density at radius 1 is 1.26 bits per heavy atom. The summed E-state index contributed by atoms with van der Waals surface area (Å²) in [5.41, 5.74) is -0.570. The Balaban J connectivity index is 2.07. The van der Waals surface area contributed by atoms with Crippen molar-refractivity contribution < 1.29 is 9.59 Å². The highest BCUT2D eigenvalue weighted by molar-refractivity contribution is 5.98. The van der Waals surface area contributed by atoms with Crippen LogP contribution in [0.4, 0.5) is 0 Å². The lowest BCUT2D eigenvalue weighted by Gasteiger charge is -2.44. The minimum Gasteiger partial charge on any atom is -0.340 e. The van der Waals surface area contributed by atoms with Crippen molar-refractivity contribution in [3.63, 3.8) is 0 Å². The molecule has 0 aromatic carbocycles. The third kappa shape index (κ3) is 3.10. The minimum atomic E-state index is -0.570. The van der Waals surface area contributed by atoms with Crippen molar-refractivity contribution in [2.24, 2.45) is 5.92 Å². The summed E-state index contributed by atoms with van der Waals surface area (Å²) in [4.78, 5) is 26.4. The molecule has 4 heteroatoms. The van der Waals surface area contributed by atoms with Gasteiger partial charge in [-0.25, -0.2) is 0 Å². The van der Waals surface area contributed by atoms with Crippen molar-refractivity contribution in [1.82, 2.24) is 10.2 Å². The van der Waals surface area contributed by atoms with Crippen molar-refractivity contribution in [3.05, 3.63) is 0 Å². The molecule has 2 fully saturated rings. The Morgan fingerprint density at radius 2 is 1.95 bits per heavy atom. The summed E-state index contributed by atoms with van der Waals surface area (Å²) in [6.45, 7) is 5.29. The molecular weight excluding hydrogens is 240 g/mol. The lowest BCUT2D eigenvalue weighted by atomic mass is 9.79. The lowest BCUT2D eigenvalue weighted by Crippen LogP contribution is -2.67. The summed E-state index contributed by atoms with van der Waals surface area (Å²) in [5, 5.41) is 2.99. The predicted molar refractivity (Wildman–Crippen MR) is 74.6 cm³/mol. The van der Waals surface area contributed by atoms with Gasteiger partial charge in [-0.15, -0.1) is 0 Å². The number of carbonyl (C=O) groups excluding carboxylic acids is 2. The third-order valence-electron chi connectivity index (χ3n) is 4.43. The minimum absolute atomic E-state index is 0.0187. The number of nitrogens with zero attached hydrogens (tertiary/aromatic N) is 1. The Bertz CT molecular complexity index is 348. The largest absolute Gasteiger partial charge is 0.340 e. The van der Waals surface area contributed by atoms with Gasteiger partial charge in [0.1, 0.15) is 5.54 Å². The van der Waals surface area contributed by atoms with Crippen LogP contribution in [0.1, 0.15) is 58.8 Å². The smallest absolute Gasteiger partial charge is 0.248 e. The molecule has 2 amide bonds. The molecule has 1 saturated heterocycles. The average molecular weight is 266 g/mol. The maximum absolute atomic E-state index is 12.7. The van der Waals surface area contributed by atoms with E-state index in [1.165, 1.54) is 6.42 Å². The average Bonchev–Trinajstić information content (AvgIpc) is 2.37. The van der Waals surface area contributed by atoms with E-state index in [2.05, 4.69) is 19.2 Å². The van der Waals surface area contributed by atoms with Gasteiger partial charge in [0, 0.05) is 6.54 Å². The molecule has 19 heavy (non-hydrogen) atoms. The number of hydrogen-bond donors (Lipinski definition) is 1. The molecule has 1 saturated carbocycles. The topological polar surface area (TPSA) is 49.4 Å². The first-order valence-electron chi connectivity index (χ1n) is 7.68. The number of piperazine rings is 1. The van der Waals surface area contributed by atoms with E-state index in [1.807, 2.05) is 0 Å². The van der Waals surface area contributed by atoms with E-state index < -0.39 is 5.54 Å². The van der Waals surface area contributed by atoms with E-state index >= 15 is 0 Å². The van der Waals surface area contributed by atoms with Gasteiger partial charge in [-0.2, -0.15) is 0 Å². The van der Waals surface area contributed by atoms with E-state index in [0.29, 0.717) is 5.92 Å². The Morgan fingerprint density at radius 3 is 2.58 bits per heavy atom. The number of rotatable bonds is 4. The number of carbonyl (C=O) groups is 2. The Hall–Kier alpha value is -1.06. The molecule has 1 aliphatic heterocycles. The van der Waals surface area contributed by atoms with Crippen molar-refractivity contribution in [2.45, 2.75) is 64.3 Å². The summed E-state index contributed by atoms with van der Waals surface area (Å²) >= 11 is 0. The zero-order valence-corrected chi connectivity index (χ0v) is 12.2. The van der Waals surface area contributed by atoms with Gasteiger partial charge in [-0.05, 0) is 25.2 Å². The molecule has 4 nitrogen and oxygen atoms in total. The molecule has 1 heterocycles. The molecule has 2 rings (SSSR count). The monoisotopic (exact) mass is 266 g/mol. The number of nitrogens with one attached hydrogen (secondary N) is 1. The molecule has 0 bridgehead atoms. The third-order valence-corrected chi connectivity index (χ3v) is 4.43. The van der Waals surface area contributed by atoms with E-state index in [0.717, 1.165) is 45.1 Å². The molecule has 1 atom stereocenters. The van der Waals surface area contributed by atoms with Crippen LogP contribution in [0, 0.1) is 5.92 Å². The summed E-state index contributed by atoms with van der Waals surface area (Å²) < 4.78 is 0. The first-order valence-corrected chi connectivity index (χ1v) is 7.68. The lowest BCUT2D eigenvalue weighted by molar-refractivity contribution is -0.152. The van der Waals surface area contributed by atoms with Gasteiger partial charge in [0.2, 0.25) is 11.8 Å². The van der Waals surface area contributed by atoms with Gasteiger partial charge < -0.3 is 10.2 Å². The van der Waals surface area contributed by atoms with Crippen molar-refractivity contribution in [2.75, 3.05) is 13.1 Å². The summed E-state index contributed by atoms with van der Waals surface area (Å²) in [5.74, 6) is 0.653. The van der Waals surface area contributed by atoms with Crippen LogP contribution in [0.2, 0.25) is 0 Å². The first-order chi connectivity index (χ1) is 9.07. The zero-order chi connectivity index (χ0) is 13.9. The van der Waals surface area contributed by atoms with Crippen LogP contribution < -0.4 is 5.32 Å². The molecule has 0 radical (unpaired) electrons. The second-order valence-corrected chi connectivity index (χ2v) is 6.27. The van der Waals surface area contributed by atoms with Crippen LogP contribution in [0.5, 0.6) is 0 Å². The van der Waals surface area contributed by atoms with Crippen molar-refractivity contribution in [3.8, 4) is 0 Å². The van der Waals surface area contributed by atoms with Gasteiger partial charge in [-0.3, -0.25) is 9.59 Å². The SMILES string of the molecule is CCCC(C)CN1CC(=O)NC2(CCCCC2)C1=O. The summed E-state index contributed by atoms with van der Waals surface area (Å²) in [6, 6.07) is 0. The highest BCUT2D eigenvalue weighted by Gasteiger charge is 2.46. The maximum atomic E-state index is 12.7. The second-order valence-electron chi connectivity index (χ2n) is 6.27. The van der Waals surface area contributed by atoms with Gasteiger partial charge in [0.25, 0.3) is 0 Å². The molecule has 108 valence electrons. The summed E-state index contributed by atoms with van der Waals surface area (Å²) in [7, 11) is 0. The molecule has 1 unspecified atom stereocenters. The molecule has 0 aromatic rings. The van der Waals surface area contributed by atoms with Crippen LogP contribution >= 0.6 is 0 Å². The molecule has 1 spiro atoms. The molecule has 1 aliphatic carbocycles. The van der Waals surface area contributed by atoms with Crippen LogP contribution in [-0.4, -0.2) is 35.3 Å². The standard InChI is InChI=1S/C15H26N2O2/c1-3-7-12(2)10-17-11-13(18)16-15(14(17)19)8-5-4-6-9-15/h12H,3-11H2,1-2H3,(H,16,18). The van der Waals surface area contributed by atoms with E-state index in [-0.39, 0.29) is 18.4 Å². The molecule has 1 N–H and O–H groups in total. The van der Waals surface area contributed by atoms with Gasteiger partial charge in [-0.1, -0.05) is 39.5 Å². The van der Waals surface area contributed by atoms with Crippen LogP contribution in [-0.2, 0) is 9.59 Å². The van der Waals surface area contributed by atoms with E-state index in [9.17, 15) is 9.59 Å². The van der Waals surface area contributed by atoms with Gasteiger partial charge in [0.15, 0.2) is 0 Å². The van der Waals surface area contributed by atoms with Crippen molar-refractivity contribution in [1.29, 1.82) is 0 Å².